The Morgan fingerprint density at radius 2 is 1.74 bits per heavy atom. The van der Waals surface area contributed by atoms with Crippen LogP contribution in [0.2, 0.25) is 0 Å². The van der Waals surface area contributed by atoms with Crippen molar-refractivity contribution in [1.29, 1.82) is 0 Å². The predicted molar refractivity (Wildman–Crippen MR) is 105 cm³/mol. The molecule has 0 aliphatic heterocycles. The maximum Gasteiger partial charge on any atom is 0.238 e. The Kier molecular flexibility index (Phi) is 7.49. The average Bonchev–Trinajstić information content (AvgIpc) is 2.60. The van der Waals surface area contributed by atoms with Crippen molar-refractivity contribution in [2.45, 2.75) is 26.3 Å². The third-order valence-corrected chi connectivity index (χ3v) is 4.16. The molecule has 0 heterocycles. The molecule has 0 fully saturated rings. The van der Waals surface area contributed by atoms with Gasteiger partial charge in [0.15, 0.2) is 0 Å². The molecule has 144 valence electrons. The van der Waals surface area contributed by atoms with Crippen LogP contribution in [0.25, 0.3) is 0 Å². The van der Waals surface area contributed by atoms with Crippen molar-refractivity contribution in [3.63, 3.8) is 0 Å². The summed E-state index contributed by atoms with van der Waals surface area (Å²) in [4.78, 5) is 26.0. The molecule has 0 aliphatic rings. The molecule has 2 amide bonds. The highest BCUT2D eigenvalue weighted by Gasteiger charge is 2.15. The van der Waals surface area contributed by atoms with Crippen LogP contribution < -0.4 is 10.6 Å². The average molecular weight is 371 g/mol. The normalized spacial score (nSPS) is 11.9. The number of halogens is 1. The number of aryl methyl sites for hydroxylation is 1. The highest BCUT2D eigenvalue weighted by Crippen LogP contribution is 2.17. The smallest absolute Gasteiger partial charge is 0.238 e. The number of likely N-dealkylation sites (N-methyl/N-ethyl adjacent to an activating group) is 1. The molecule has 0 spiro atoms. The van der Waals surface area contributed by atoms with E-state index in [0.29, 0.717) is 5.69 Å². The van der Waals surface area contributed by atoms with Crippen molar-refractivity contribution >= 4 is 17.5 Å². The minimum Gasteiger partial charge on any atom is -0.348 e. The number of rotatable bonds is 8. The van der Waals surface area contributed by atoms with E-state index in [-0.39, 0.29) is 30.9 Å². The van der Waals surface area contributed by atoms with Crippen LogP contribution in [0.5, 0.6) is 0 Å². The van der Waals surface area contributed by atoms with Crippen LogP contribution >= 0.6 is 0 Å². The Labute approximate surface area is 159 Å². The second-order valence-electron chi connectivity index (χ2n) is 6.67. The number of hydrogen-bond donors (Lipinski definition) is 2. The summed E-state index contributed by atoms with van der Waals surface area (Å²) in [6, 6.07) is 13.7. The molecular formula is C21H26FN3O2. The summed E-state index contributed by atoms with van der Waals surface area (Å²) < 4.78 is 13.2. The van der Waals surface area contributed by atoms with Crippen molar-refractivity contribution in [2.75, 3.05) is 25.5 Å². The summed E-state index contributed by atoms with van der Waals surface area (Å²) in [5, 5.41) is 5.62. The molecule has 1 unspecified atom stereocenters. The molecule has 0 aliphatic carbocycles. The molecule has 1 atom stereocenters. The van der Waals surface area contributed by atoms with E-state index in [1.165, 1.54) is 23.8 Å². The first kappa shape index (κ1) is 20.6. The first-order valence-electron chi connectivity index (χ1n) is 8.97. The number of nitrogens with zero attached hydrogens (tertiary/aromatic N) is 1. The van der Waals surface area contributed by atoms with Crippen LogP contribution in [0.4, 0.5) is 10.1 Å². The topological polar surface area (TPSA) is 61.4 Å². The van der Waals surface area contributed by atoms with Gasteiger partial charge in [0.25, 0.3) is 0 Å². The highest BCUT2D eigenvalue weighted by atomic mass is 19.1. The Morgan fingerprint density at radius 1 is 1.07 bits per heavy atom. The lowest BCUT2D eigenvalue weighted by Crippen LogP contribution is -2.40. The highest BCUT2D eigenvalue weighted by molar-refractivity contribution is 5.92. The Morgan fingerprint density at radius 3 is 2.37 bits per heavy atom. The lowest BCUT2D eigenvalue weighted by molar-refractivity contribution is -0.123. The zero-order valence-corrected chi connectivity index (χ0v) is 16.0. The number of nitrogens with one attached hydrogen (secondary N) is 2. The Hall–Kier alpha value is -2.73. The summed E-state index contributed by atoms with van der Waals surface area (Å²) in [6.45, 7) is 4.16. The van der Waals surface area contributed by atoms with Crippen LogP contribution in [-0.4, -0.2) is 36.9 Å². The molecule has 6 heteroatoms. The molecule has 0 aromatic heterocycles. The zero-order valence-electron chi connectivity index (χ0n) is 16.0. The summed E-state index contributed by atoms with van der Waals surface area (Å²) >= 11 is 0. The van der Waals surface area contributed by atoms with Crippen molar-refractivity contribution in [2.24, 2.45) is 0 Å². The third-order valence-electron chi connectivity index (χ3n) is 4.16. The van der Waals surface area contributed by atoms with E-state index in [1.807, 2.05) is 38.1 Å². The van der Waals surface area contributed by atoms with E-state index in [9.17, 15) is 14.0 Å². The van der Waals surface area contributed by atoms with Gasteiger partial charge in [-0.05, 0) is 44.2 Å². The SMILES string of the molecule is CCC(NC(=O)CN(C)CC(=O)Nc1cccc(F)c1)c1ccc(C)cc1. The molecule has 0 radical (unpaired) electrons. The van der Waals surface area contributed by atoms with Crippen LogP contribution in [0.15, 0.2) is 48.5 Å². The fraction of sp³-hybridized carbons (Fsp3) is 0.333. The van der Waals surface area contributed by atoms with Gasteiger partial charge in [-0.1, -0.05) is 42.8 Å². The van der Waals surface area contributed by atoms with E-state index in [4.69, 9.17) is 0 Å². The first-order chi connectivity index (χ1) is 12.9. The Balaban J connectivity index is 1.83. The van der Waals surface area contributed by atoms with Crippen molar-refractivity contribution < 1.29 is 14.0 Å². The largest absolute Gasteiger partial charge is 0.348 e. The van der Waals surface area contributed by atoms with E-state index >= 15 is 0 Å². The van der Waals surface area contributed by atoms with Gasteiger partial charge < -0.3 is 10.6 Å². The van der Waals surface area contributed by atoms with Gasteiger partial charge in [0.1, 0.15) is 5.82 Å². The molecule has 0 saturated heterocycles. The maximum absolute atomic E-state index is 13.2. The Bertz CT molecular complexity index is 777. The van der Waals surface area contributed by atoms with Crippen molar-refractivity contribution in [3.05, 3.63) is 65.5 Å². The second kappa shape index (κ2) is 9.83. The molecule has 2 aromatic carbocycles. The monoisotopic (exact) mass is 371 g/mol. The van der Waals surface area contributed by atoms with Crippen LogP contribution in [-0.2, 0) is 9.59 Å². The molecule has 2 aromatic rings. The standard InChI is InChI=1S/C21H26FN3O2/c1-4-19(16-10-8-15(2)9-11-16)24-21(27)14-25(3)13-20(26)23-18-7-5-6-17(22)12-18/h5-12,19H,4,13-14H2,1-3H3,(H,23,26)(H,24,27). The molecule has 27 heavy (non-hydrogen) atoms. The molecule has 2 N–H and O–H groups in total. The third kappa shape index (κ3) is 6.83. The number of carbonyl (C=O) groups is 2. The minimum atomic E-state index is -0.415. The quantitative estimate of drug-likeness (QED) is 0.749. The van der Waals surface area contributed by atoms with Gasteiger partial charge in [0.05, 0.1) is 19.1 Å². The molecular weight excluding hydrogens is 345 g/mol. The first-order valence-corrected chi connectivity index (χ1v) is 8.97. The van der Waals surface area contributed by atoms with Crippen molar-refractivity contribution in [3.8, 4) is 0 Å². The molecule has 5 nitrogen and oxygen atoms in total. The number of hydrogen-bond acceptors (Lipinski definition) is 3. The summed E-state index contributed by atoms with van der Waals surface area (Å²) in [6.07, 6.45) is 0.776. The fourth-order valence-corrected chi connectivity index (χ4v) is 2.77. The lowest BCUT2D eigenvalue weighted by Gasteiger charge is -2.21. The van der Waals surface area contributed by atoms with E-state index in [0.717, 1.165) is 12.0 Å². The van der Waals surface area contributed by atoms with E-state index < -0.39 is 5.82 Å². The zero-order chi connectivity index (χ0) is 19.8. The number of amides is 2. The van der Waals surface area contributed by atoms with Gasteiger partial charge in [-0.15, -0.1) is 0 Å². The molecule has 0 saturated carbocycles. The van der Waals surface area contributed by atoms with Crippen molar-refractivity contribution in [1.82, 2.24) is 10.2 Å². The van der Waals surface area contributed by atoms with E-state index in [2.05, 4.69) is 10.6 Å². The van der Waals surface area contributed by atoms with Gasteiger partial charge in [-0.25, -0.2) is 4.39 Å². The second-order valence-corrected chi connectivity index (χ2v) is 6.67. The molecule has 2 rings (SSSR count). The van der Waals surface area contributed by atoms with Gasteiger partial charge in [0.2, 0.25) is 11.8 Å². The lowest BCUT2D eigenvalue weighted by atomic mass is 10.0. The number of benzene rings is 2. The summed E-state index contributed by atoms with van der Waals surface area (Å²) in [7, 11) is 1.69. The van der Waals surface area contributed by atoms with Gasteiger partial charge in [-0.3, -0.25) is 14.5 Å². The minimum absolute atomic E-state index is 0.0330. The maximum atomic E-state index is 13.2. The van der Waals surface area contributed by atoms with E-state index in [1.54, 1.807) is 18.0 Å². The van der Waals surface area contributed by atoms with Gasteiger partial charge in [-0.2, -0.15) is 0 Å². The summed E-state index contributed by atoms with van der Waals surface area (Å²) in [5.74, 6) is -0.868. The summed E-state index contributed by atoms with van der Waals surface area (Å²) in [5.41, 5.74) is 2.62. The van der Waals surface area contributed by atoms with Crippen LogP contribution in [0.3, 0.4) is 0 Å². The fourth-order valence-electron chi connectivity index (χ4n) is 2.77. The molecule has 0 bridgehead atoms. The predicted octanol–water partition coefficient (Wildman–Crippen LogP) is 3.27. The number of carbonyl (C=O) groups excluding carboxylic acids is 2. The van der Waals surface area contributed by atoms with Gasteiger partial charge >= 0.3 is 0 Å². The number of anilines is 1. The van der Waals surface area contributed by atoms with Gasteiger partial charge in [0, 0.05) is 5.69 Å². The van der Waals surface area contributed by atoms with Crippen LogP contribution in [0, 0.1) is 12.7 Å². The van der Waals surface area contributed by atoms with Crippen LogP contribution in [0.1, 0.15) is 30.5 Å².